The Hall–Kier alpha value is -2.68. The van der Waals surface area contributed by atoms with E-state index in [9.17, 15) is 4.79 Å². The van der Waals surface area contributed by atoms with Gasteiger partial charge in [0.05, 0.1) is 5.75 Å². The van der Waals surface area contributed by atoms with E-state index in [1.165, 1.54) is 11.8 Å². The Morgan fingerprint density at radius 2 is 2.19 bits per heavy atom. The average molecular weight is 370 g/mol. The highest BCUT2D eigenvalue weighted by atomic mass is 32.2. The number of aryl methyl sites for hydroxylation is 1. The average Bonchev–Trinajstić information content (AvgIpc) is 3.40. The normalized spacial score (nSPS) is 17.0. The molecule has 0 unspecified atom stereocenters. The van der Waals surface area contributed by atoms with Crippen molar-refractivity contribution in [3.63, 3.8) is 0 Å². The van der Waals surface area contributed by atoms with Crippen LogP contribution in [0.1, 0.15) is 30.6 Å². The molecule has 1 N–H and O–H groups in total. The number of nitrogens with one attached hydrogen (secondary N) is 1. The molecule has 134 valence electrons. The van der Waals surface area contributed by atoms with Gasteiger partial charge in [0.15, 0.2) is 0 Å². The summed E-state index contributed by atoms with van der Waals surface area (Å²) in [6.45, 7) is 2.52. The van der Waals surface area contributed by atoms with Crippen molar-refractivity contribution in [1.82, 2.24) is 30.2 Å². The zero-order valence-electron chi connectivity index (χ0n) is 14.3. The highest BCUT2D eigenvalue weighted by Gasteiger charge is 2.34. The summed E-state index contributed by atoms with van der Waals surface area (Å²) in [5.74, 6) is 2.09. The zero-order chi connectivity index (χ0) is 17.9. The van der Waals surface area contributed by atoms with E-state index < -0.39 is 0 Å². The van der Waals surface area contributed by atoms with Crippen molar-refractivity contribution in [1.29, 1.82) is 0 Å². The van der Waals surface area contributed by atoms with Crippen LogP contribution < -0.4 is 0 Å². The molecule has 0 aliphatic carbocycles. The van der Waals surface area contributed by atoms with Crippen LogP contribution in [-0.2, 0) is 4.79 Å². The molecule has 0 radical (unpaired) electrons. The Morgan fingerprint density at radius 3 is 2.96 bits per heavy atom. The largest absolute Gasteiger partial charge is 0.337 e. The lowest BCUT2D eigenvalue weighted by atomic mass is 10.2. The standard InChI is InChI=1S/C17H18N6O2S/c1-11-18-17(21-20-11)26-10-14(24)23-9-5-8-13(23)16-19-15(22-25-16)12-6-3-2-4-7-12/h2-4,6-7,13H,5,8-10H2,1H3,(H,18,20,21)/t13-/m0/s1. The summed E-state index contributed by atoms with van der Waals surface area (Å²) >= 11 is 1.32. The Labute approximate surface area is 154 Å². The van der Waals surface area contributed by atoms with Crippen LogP contribution in [0.5, 0.6) is 0 Å². The van der Waals surface area contributed by atoms with Crippen molar-refractivity contribution in [3.05, 3.63) is 42.0 Å². The molecule has 1 saturated heterocycles. The summed E-state index contributed by atoms with van der Waals surface area (Å²) in [5, 5.41) is 11.5. The molecule has 0 spiro atoms. The van der Waals surface area contributed by atoms with Crippen LogP contribution in [0.2, 0.25) is 0 Å². The molecule has 4 rings (SSSR count). The number of aromatic nitrogens is 5. The van der Waals surface area contributed by atoms with E-state index in [0.717, 1.165) is 24.2 Å². The molecule has 0 bridgehead atoms. The lowest BCUT2D eigenvalue weighted by Crippen LogP contribution is -2.32. The monoisotopic (exact) mass is 370 g/mol. The quantitative estimate of drug-likeness (QED) is 0.689. The number of amides is 1. The second-order valence-corrected chi connectivity index (χ2v) is 7.00. The topological polar surface area (TPSA) is 101 Å². The minimum atomic E-state index is -0.165. The van der Waals surface area contributed by atoms with E-state index in [1.54, 1.807) is 0 Å². The fourth-order valence-electron chi connectivity index (χ4n) is 2.99. The minimum Gasteiger partial charge on any atom is -0.337 e. The molecule has 1 aromatic carbocycles. The van der Waals surface area contributed by atoms with Crippen molar-refractivity contribution in [3.8, 4) is 11.4 Å². The second kappa shape index (κ2) is 7.28. The smallest absolute Gasteiger partial charge is 0.249 e. The first kappa shape index (κ1) is 16.8. The lowest BCUT2D eigenvalue weighted by Gasteiger charge is -2.21. The summed E-state index contributed by atoms with van der Waals surface area (Å²) in [5.41, 5.74) is 0.897. The maximum absolute atomic E-state index is 12.6. The number of hydrogen-bond donors (Lipinski definition) is 1. The van der Waals surface area contributed by atoms with Crippen LogP contribution in [0.3, 0.4) is 0 Å². The van der Waals surface area contributed by atoms with Gasteiger partial charge in [0, 0.05) is 12.1 Å². The van der Waals surface area contributed by atoms with E-state index in [1.807, 2.05) is 42.2 Å². The van der Waals surface area contributed by atoms with Gasteiger partial charge in [0.1, 0.15) is 11.9 Å². The molecule has 1 aliphatic rings. The number of likely N-dealkylation sites (tertiary alicyclic amines) is 1. The predicted octanol–water partition coefficient (Wildman–Crippen LogP) is 2.62. The van der Waals surface area contributed by atoms with Crippen molar-refractivity contribution < 1.29 is 9.32 Å². The van der Waals surface area contributed by atoms with Gasteiger partial charge in [-0.2, -0.15) is 4.98 Å². The highest BCUT2D eigenvalue weighted by Crippen LogP contribution is 2.32. The van der Waals surface area contributed by atoms with Crippen LogP contribution in [0, 0.1) is 6.92 Å². The van der Waals surface area contributed by atoms with Gasteiger partial charge in [-0.1, -0.05) is 47.3 Å². The third-order valence-corrected chi connectivity index (χ3v) is 5.07. The van der Waals surface area contributed by atoms with Gasteiger partial charge >= 0.3 is 0 Å². The summed E-state index contributed by atoms with van der Waals surface area (Å²) in [4.78, 5) is 23.2. The Kier molecular flexibility index (Phi) is 4.70. The van der Waals surface area contributed by atoms with Crippen molar-refractivity contribution in [2.45, 2.75) is 31.0 Å². The van der Waals surface area contributed by atoms with E-state index >= 15 is 0 Å². The molecule has 8 nitrogen and oxygen atoms in total. The molecule has 2 aromatic heterocycles. The Balaban J connectivity index is 1.44. The fourth-order valence-corrected chi connectivity index (χ4v) is 3.72. The molecule has 1 aliphatic heterocycles. The van der Waals surface area contributed by atoms with Crippen LogP contribution >= 0.6 is 11.8 Å². The van der Waals surface area contributed by atoms with Crippen LogP contribution in [0.15, 0.2) is 40.0 Å². The summed E-state index contributed by atoms with van der Waals surface area (Å²) < 4.78 is 5.46. The molecular formula is C17H18N6O2S. The van der Waals surface area contributed by atoms with Gasteiger partial charge in [0.2, 0.25) is 22.8 Å². The number of hydrogen-bond acceptors (Lipinski definition) is 7. The minimum absolute atomic E-state index is 0.0272. The first-order valence-electron chi connectivity index (χ1n) is 8.41. The maximum Gasteiger partial charge on any atom is 0.249 e. The SMILES string of the molecule is Cc1nc(SCC(=O)N2CCC[C@H]2c2nc(-c3ccccc3)no2)n[nH]1. The lowest BCUT2D eigenvalue weighted by molar-refractivity contribution is -0.129. The molecule has 1 fully saturated rings. The third-order valence-electron chi connectivity index (χ3n) is 4.23. The number of benzene rings is 1. The first-order valence-corrected chi connectivity index (χ1v) is 9.39. The molecule has 1 amide bonds. The first-order chi connectivity index (χ1) is 12.7. The molecule has 9 heteroatoms. The summed E-state index contributed by atoms with van der Waals surface area (Å²) in [7, 11) is 0. The van der Waals surface area contributed by atoms with Gasteiger partial charge in [-0.25, -0.2) is 4.98 Å². The van der Waals surface area contributed by atoms with E-state index in [-0.39, 0.29) is 17.7 Å². The van der Waals surface area contributed by atoms with Crippen molar-refractivity contribution >= 4 is 17.7 Å². The van der Waals surface area contributed by atoms with Gasteiger partial charge < -0.3 is 9.42 Å². The van der Waals surface area contributed by atoms with E-state index in [0.29, 0.717) is 23.4 Å². The van der Waals surface area contributed by atoms with Gasteiger partial charge in [0.25, 0.3) is 0 Å². The van der Waals surface area contributed by atoms with E-state index in [4.69, 9.17) is 4.52 Å². The molecule has 1 atom stereocenters. The van der Waals surface area contributed by atoms with Crippen LogP contribution in [-0.4, -0.2) is 48.4 Å². The number of H-pyrrole nitrogens is 1. The highest BCUT2D eigenvalue weighted by molar-refractivity contribution is 7.99. The van der Waals surface area contributed by atoms with Crippen molar-refractivity contribution in [2.24, 2.45) is 0 Å². The van der Waals surface area contributed by atoms with Gasteiger partial charge in [-0.05, 0) is 19.8 Å². The number of carbonyl (C=O) groups is 1. The number of rotatable bonds is 5. The molecule has 3 aromatic rings. The molecule has 3 heterocycles. The van der Waals surface area contributed by atoms with E-state index in [2.05, 4.69) is 25.3 Å². The maximum atomic E-state index is 12.6. The molecular weight excluding hydrogens is 352 g/mol. The third kappa shape index (κ3) is 3.48. The number of thioether (sulfide) groups is 1. The number of aromatic amines is 1. The molecule has 26 heavy (non-hydrogen) atoms. The van der Waals surface area contributed by atoms with Crippen LogP contribution in [0.25, 0.3) is 11.4 Å². The van der Waals surface area contributed by atoms with Crippen molar-refractivity contribution in [2.75, 3.05) is 12.3 Å². The Bertz CT molecular complexity index is 894. The number of nitrogens with zero attached hydrogens (tertiary/aromatic N) is 5. The second-order valence-electron chi connectivity index (χ2n) is 6.06. The Morgan fingerprint density at radius 1 is 1.35 bits per heavy atom. The number of carbonyl (C=O) groups excluding carboxylic acids is 1. The van der Waals surface area contributed by atoms with Crippen LogP contribution in [0.4, 0.5) is 0 Å². The van der Waals surface area contributed by atoms with Gasteiger partial charge in [-0.15, -0.1) is 5.10 Å². The predicted molar refractivity (Wildman–Crippen MR) is 95.3 cm³/mol. The summed E-state index contributed by atoms with van der Waals surface area (Å²) in [6, 6.07) is 9.50. The fraction of sp³-hybridized carbons (Fsp3) is 0.353. The zero-order valence-corrected chi connectivity index (χ0v) is 15.1. The van der Waals surface area contributed by atoms with Gasteiger partial charge in [-0.3, -0.25) is 9.89 Å². The molecule has 0 saturated carbocycles. The summed E-state index contributed by atoms with van der Waals surface area (Å²) in [6.07, 6.45) is 1.75.